The Bertz CT molecular complexity index is 570. The molecule has 0 spiro atoms. The van der Waals surface area contributed by atoms with Crippen LogP contribution in [-0.4, -0.2) is 60.2 Å². The van der Waals surface area contributed by atoms with E-state index in [2.05, 4.69) is 30.9 Å². The Balaban J connectivity index is 0.00000208. The molecule has 3 unspecified atom stereocenters. The Morgan fingerprint density at radius 2 is 2.17 bits per heavy atom. The fourth-order valence-electron chi connectivity index (χ4n) is 3.02. The Hall–Kier alpha value is -1.49. The topological polar surface area (TPSA) is 101 Å². The maximum atomic E-state index is 11.8. The third-order valence-corrected chi connectivity index (χ3v) is 4.15. The van der Waals surface area contributed by atoms with Gasteiger partial charge < -0.3 is 20.7 Å². The molecule has 0 saturated carbocycles. The number of carbonyl (C=O) groups excluding carboxylic acids is 1. The van der Waals surface area contributed by atoms with E-state index in [0.717, 1.165) is 18.8 Å². The van der Waals surface area contributed by atoms with Gasteiger partial charge in [0.1, 0.15) is 5.69 Å². The average molecular weight is 446 g/mol. The fraction of sp³-hybridized carbons (Fsp3) is 0.600. The first-order valence-electron chi connectivity index (χ1n) is 7.93. The van der Waals surface area contributed by atoms with Gasteiger partial charge >= 0.3 is 0 Å². The highest BCUT2D eigenvalue weighted by Gasteiger charge is 2.41. The number of amides is 1. The van der Waals surface area contributed by atoms with Crippen LogP contribution in [0.4, 0.5) is 0 Å². The van der Waals surface area contributed by atoms with Crippen LogP contribution < -0.4 is 16.0 Å². The molecule has 0 aliphatic carbocycles. The smallest absolute Gasteiger partial charge is 0.271 e. The van der Waals surface area contributed by atoms with E-state index in [1.165, 1.54) is 25.0 Å². The summed E-state index contributed by atoms with van der Waals surface area (Å²) in [5, 5.41) is 9.38. The molecule has 1 amide bonds. The molecule has 2 fully saturated rings. The number of carbonyl (C=O) groups is 1. The predicted molar refractivity (Wildman–Crippen MR) is 101 cm³/mol. The van der Waals surface area contributed by atoms with E-state index >= 15 is 0 Å². The molecule has 0 aromatic carbocycles. The Morgan fingerprint density at radius 3 is 2.79 bits per heavy atom. The zero-order valence-corrected chi connectivity index (χ0v) is 15.9. The van der Waals surface area contributed by atoms with Gasteiger partial charge in [-0.05, 0) is 19.3 Å². The van der Waals surface area contributed by atoms with Crippen molar-refractivity contribution < 1.29 is 9.53 Å². The summed E-state index contributed by atoms with van der Waals surface area (Å²) in [6, 6.07) is 0.328. The lowest BCUT2D eigenvalue weighted by Gasteiger charge is -2.22. The molecule has 3 N–H and O–H groups in total. The van der Waals surface area contributed by atoms with Crippen molar-refractivity contribution in [1.82, 2.24) is 25.9 Å². The minimum Gasteiger partial charge on any atom is -0.373 e. The second kappa shape index (κ2) is 9.11. The van der Waals surface area contributed by atoms with Crippen LogP contribution in [0.3, 0.4) is 0 Å². The molecule has 2 saturated heterocycles. The minimum absolute atomic E-state index is 0. The van der Waals surface area contributed by atoms with Gasteiger partial charge in [0.05, 0.1) is 24.4 Å². The monoisotopic (exact) mass is 446 g/mol. The van der Waals surface area contributed by atoms with E-state index in [0.29, 0.717) is 37.0 Å². The molecule has 132 valence electrons. The maximum Gasteiger partial charge on any atom is 0.271 e. The Kier molecular flexibility index (Phi) is 7.16. The van der Waals surface area contributed by atoms with Crippen molar-refractivity contribution in [3.63, 3.8) is 0 Å². The highest BCUT2D eigenvalue weighted by Crippen LogP contribution is 2.34. The quantitative estimate of drug-likeness (QED) is 0.261. The predicted octanol–water partition coefficient (Wildman–Crippen LogP) is 0.309. The van der Waals surface area contributed by atoms with Crippen molar-refractivity contribution >= 4 is 35.8 Å². The summed E-state index contributed by atoms with van der Waals surface area (Å²) in [5.74, 6) is 0.504. The first-order valence-corrected chi connectivity index (χ1v) is 7.93. The number of aromatic nitrogens is 2. The zero-order valence-electron chi connectivity index (χ0n) is 13.6. The number of aliphatic imine (C=N–C) groups is 1. The summed E-state index contributed by atoms with van der Waals surface area (Å²) >= 11 is 0. The van der Waals surface area contributed by atoms with E-state index in [-0.39, 0.29) is 29.9 Å². The lowest BCUT2D eigenvalue weighted by molar-refractivity contribution is 0.0949. The third kappa shape index (κ3) is 4.76. The summed E-state index contributed by atoms with van der Waals surface area (Å²) in [6.45, 7) is 1.05. The van der Waals surface area contributed by atoms with Crippen LogP contribution in [0, 0.1) is 0 Å². The Morgan fingerprint density at radius 1 is 1.33 bits per heavy atom. The van der Waals surface area contributed by atoms with Crippen LogP contribution in [0.15, 0.2) is 23.6 Å². The lowest BCUT2D eigenvalue weighted by Crippen LogP contribution is -2.48. The molecule has 9 heteroatoms. The van der Waals surface area contributed by atoms with E-state index in [4.69, 9.17) is 4.74 Å². The number of fused-ring (bicyclic) bond motifs is 2. The molecule has 1 aromatic heterocycles. The summed E-state index contributed by atoms with van der Waals surface area (Å²) in [7, 11) is 1.74. The van der Waals surface area contributed by atoms with Crippen LogP contribution in [0.25, 0.3) is 0 Å². The molecule has 2 aliphatic rings. The zero-order chi connectivity index (χ0) is 16.1. The fourth-order valence-corrected chi connectivity index (χ4v) is 3.02. The number of guanidine groups is 1. The summed E-state index contributed by atoms with van der Waals surface area (Å²) < 4.78 is 5.82. The lowest BCUT2D eigenvalue weighted by atomic mass is 9.96. The highest BCUT2D eigenvalue weighted by atomic mass is 127. The van der Waals surface area contributed by atoms with Gasteiger partial charge in [0.2, 0.25) is 0 Å². The molecular formula is C15H23IN6O2. The van der Waals surface area contributed by atoms with Gasteiger partial charge in [-0.1, -0.05) is 0 Å². The van der Waals surface area contributed by atoms with Crippen molar-refractivity contribution in [1.29, 1.82) is 0 Å². The summed E-state index contributed by atoms with van der Waals surface area (Å²) in [5.41, 5.74) is 0.314. The van der Waals surface area contributed by atoms with Crippen LogP contribution in [0.5, 0.6) is 0 Å². The van der Waals surface area contributed by atoms with Gasteiger partial charge in [0.15, 0.2) is 5.96 Å². The molecular weight excluding hydrogens is 423 g/mol. The van der Waals surface area contributed by atoms with Crippen molar-refractivity contribution in [3.05, 3.63) is 24.3 Å². The highest BCUT2D eigenvalue weighted by molar-refractivity contribution is 14.0. The van der Waals surface area contributed by atoms with Gasteiger partial charge in [0.25, 0.3) is 5.91 Å². The summed E-state index contributed by atoms with van der Waals surface area (Å²) in [4.78, 5) is 23.9. The first kappa shape index (κ1) is 18.8. The van der Waals surface area contributed by atoms with Crippen molar-refractivity contribution in [2.24, 2.45) is 4.99 Å². The molecule has 1 aromatic rings. The number of hydrogen-bond donors (Lipinski definition) is 3. The normalized spacial score (nSPS) is 25.0. The number of nitrogens with one attached hydrogen (secondary N) is 3. The SMILES string of the molecule is CN=C(NCCNC(=O)c1cnccn1)NC1CC2CCC1O2.I. The average Bonchev–Trinajstić information content (AvgIpc) is 3.21. The van der Waals surface area contributed by atoms with E-state index in [9.17, 15) is 4.79 Å². The molecule has 2 bridgehead atoms. The van der Waals surface area contributed by atoms with Gasteiger partial charge in [-0.2, -0.15) is 0 Å². The van der Waals surface area contributed by atoms with Gasteiger partial charge in [-0.25, -0.2) is 4.98 Å². The van der Waals surface area contributed by atoms with Crippen LogP contribution in [-0.2, 0) is 4.74 Å². The van der Waals surface area contributed by atoms with E-state index in [1.807, 2.05) is 0 Å². The number of hydrogen-bond acceptors (Lipinski definition) is 5. The number of halogens is 1. The molecule has 24 heavy (non-hydrogen) atoms. The maximum absolute atomic E-state index is 11.8. The molecule has 3 heterocycles. The standard InChI is InChI=1S/C15H22N6O2.HI/c1-16-15(21-11-8-10-2-3-13(11)23-10)20-7-6-19-14(22)12-9-17-4-5-18-12;/h4-5,9-11,13H,2-3,6-8H2,1H3,(H,19,22)(H2,16,20,21);1H. The molecule has 3 rings (SSSR count). The second-order valence-electron chi connectivity index (χ2n) is 5.71. The Labute approximate surface area is 158 Å². The molecule has 0 radical (unpaired) electrons. The van der Waals surface area contributed by atoms with Gasteiger partial charge in [0, 0.05) is 32.5 Å². The molecule has 2 aliphatic heterocycles. The number of rotatable bonds is 5. The van der Waals surface area contributed by atoms with Crippen LogP contribution >= 0.6 is 24.0 Å². The van der Waals surface area contributed by atoms with E-state index < -0.39 is 0 Å². The second-order valence-corrected chi connectivity index (χ2v) is 5.71. The van der Waals surface area contributed by atoms with Crippen molar-refractivity contribution in [3.8, 4) is 0 Å². The van der Waals surface area contributed by atoms with Gasteiger partial charge in [-0.3, -0.25) is 14.8 Å². The molecule has 8 nitrogen and oxygen atoms in total. The summed E-state index contributed by atoms with van der Waals surface area (Å²) in [6.07, 6.45) is 8.50. The van der Waals surface area contributed by atoms with Crippen LogP contribution in [0.2, 0.25) is 0 Å². The van der Waals surface area contributed by atoms with Crippen molar-refractivity contribution in [2.75, 3.05) is 20.1 Å². The first-order chi connectivity index (χ1) is 11.3. The van der Waals surface area contributed by atoms with Gasteiger partial charge in [-0.15, -0.1) is 24.0 Å². The number of nitrogens with zero attached hydrogens (tertiary/aromatic N) is 3. The minimum atomic E-state index is -0.232. The number of ether oxygens (including phenoxy) is 1. The van der Waals surface area contributed by atoms with Crippen molar-refractivity contribution in [2.45, 2.75) is 37.5 Å². The van der Waals surface area contributed by atoms with Crippen LogP contribution in [0.1, 0.15) is 29.8 Å². The largest absolute Gasteiger partial charge is 0.373 e. The van der Waals surface area contributed by atoms with E-state index in [1.54, 1.807) is 7.05 Å². The third-order valence-electron chi connectivity index (χ3n) is 4.15. The molecule has 3 atom stereocenters.